The molecule has 0 spiro atoms. The molecule has 0 radical (unpaired) electrons. The molecule has 1 amide bonds. The van der Waals surface area contributed by atoms with Gasteiger partial charge in [0.15, 0.2) is 0 Å². The number of halogens is 1. The van der Waals surface area contributed by atoms with Crippen molar-refractivity contribution in [1.82, 2.24) is 10.3 Å². The van der Waals surface area contributed by atoms with Crippen molar-refractivity contribution in [2.24, 2.45) is 0 Å². The number of carbonyl (C=O) groups is 1. The zero-order valence-corrected chi connectivity index (χ0v) is 12.5. The first-order chi connectivity index (χ1) is 8.20. The Morgan fingerprint density at radius 3 is 2.67 bits per heavy atom. The van der Waals surface area contributed by atoms with Gasteiger partial charge in [-0.1, -0.05) is 0 Å². The molecule has 6 heteroatoms. The first-order valence-electron chi connectivity index (χ1n) is 5.54. The first-order valence-corrected chi connectivity index (χ1v) is 6.33. The number of nitrogens with one attached hydrogen (secondary N) is 2. The number of carbonyl (C=O) groups excluding carboxylic acids is 1. The third-order valence-corrected chi connectivity index (χ3v) is 3.05. The highest BCUT2D eigenvalue weighted by Crippen LogP contribution is 2.15. The van der Waals surface area contributed by atoms with Crippen LogP contribution >= 0.6 is 15.9 Å². The average molecular weight is 317 g/mol. The lowest BCUT2D eigenvalue weighted by atomic mass is 10.1. The Kier molecular flexibility index (Phi) is 4.56. The highest BCUT2D eigenvalue weighted by Gasteiger charge is 2.16. The van der Waals surface area contributed by atoms with Crippen LogP contribution < -0.4 is 10.9 Å². The number of alkyl carbamates (subject to hydrolysis) is 1. The molecule has 1 heterocycles. The molecule has 0 atom stereocenters. The van der Waals surface area contributed by atoms with Crippen LogP contribution in [0.2, 0.25) is 0 Å². The van der Waals surface area contributed by atoms with Crippen LogP contribution in [0.1, 0.15) is 31.9 Å². The van der Waals surface area contributed by atoms with E-state index in [9.17, 15) is 9.59 Å². The third kappa shape index (κ3) is 4.18. The van der Waals surface area contributed by atoms with E-state index < -0.39 is 11.7 Å². The number of hydrogen-bond donors (Lipinski definition) is 2. The van der Waals surface area contributed by atoms with Gasteiger partial charge in [-0.15, -0.1) is 0 Å². The molecule has 18 heavy (non-hydrogen) atoms. The second kappa shape index (κ2) is 5.56. The molecule has 1 aromatic heterocycles. The van der Waals surface area contributed by atoms with Crippen molar-refractivity contribution in [1.29, 1.82) is 0 Å². The smallest absolute Gasteiger partial charge is 0.407 e. The number of amides is 1. The van der Waals surface area contributed by atoms with Gasteiger partial charge in [-0.2, -0.15) is 0 Å². The van der Waals surface area contributed by atoms with Crippen molar-refractivity contribution in [3.8, 4) is 0 Å². The van der Waals surface area contributed by atoms with Gasteiger partial charge in [0.25, 0.3) is 5.56 Å². The largest absolute Gasteiger partial charge is 0.444 e. The van der Waals surface area contributed by atoms with Crippen molar-refractivity contribution < 1.29 is 9.53 Å². The van der Waals surface area contributed by atoms with Crippen molar-refractivity contribution in [2.45, 2.75) is 39.8 Å². The molecule has 5 nitrogen and oxygen atoms in total. The topological polar surface area (TPSA) is 71.2 Å². The van der Waals surface area contributed by atoms with E-state index in [2.05, 4.69) is 26.2 Å². The van der Waals surface area contributed by atoms with E-state index in [-0.39, 0.29) is 12.1 Å². The molecule has 1 aromatic rings. The second-order valence-electron chi connectivity index (χ2n) is 4.92. The van der Waals surface area contributed by atoms with E-state index in [4.69, 9.17) is 4.74 Å². The van der Waals surface area contributed by atoms with Gasteiger partial charge in [0.05, 0.1) is 6.54 Å². The Morgan fingerprint density at radius 2 is 2.11 bits per heavy atom. The molecular formula is C12H17BrN2O3. The number of ether oxygens (including phenoxy) is 1. The summed E-state index contributed by atoms with van der Waals surface area (Å²) in [6.45, 7) is 7.29. The molecule has 0 aliphatic carbocycles. The van der Waals surface area contributed by atoms with Crippen molar-refractivity contribution in [2.75, 3.05) is 0 Å². The monoisotopic (exact) mass is 316 g/mol. The van der Waals surface area contributed by atoms with Crippen LogP contribution in [0, 0.1) is 6.92 Å². The maximum Gasteiger partial charge on any atom is 0.407 e. The number of aromatic nitrogens is 1. The van der Waals surface area contributed by atoms with Crippen molar-refractivity contribution >= 4 is 22.0 Å². The van der Waals surface area contributed by atoms with Crippen LogP contribution in [0.5, 0.6) is 0 Å². The molecule has 0 unspecified atom stereocenters. The van der Waals surface area contributed by atoms with Crippen LogP contribution in [0.3, 0.4) is 0 Å². The van der Waals surface area contributed by atoms with Gasteiger partial charge < -0.3 is 15.0 Å². The predicted octanol–water partition coefficient (Wildman–Crippen LogP) is 2.47. The molecular weight excluding hydrogens is 300 g/mol. The lowest BCUT2D eigenvalue weighted by Crippen LogP contribution is -2.33. The number of pyridine rings is 1. The van der Waals surface area contributed by atoms with E-state index in [1.54, 1.807) is 27.0 Å². The summed E-state index contributed by atoms with van der Waals surface area (Å²) < 4.78 is 5.89. The fourth-order valence-corrected chi connectivity index (χ4v) is 1.68. The van der Waals surface area contributed by atoms with Gasteiger partial charge in [0, 0.05) is 16.2 Å². The number of hydrogen-bond acceptors (Lipinski definition) is 3. The molecule has 0 aliphatic rings. The molecule has 0 saturated carbocycles. The summed E-state index contributed by atoms with van der Waals surface area (Å²) in [6.07, 6.45) is 1.04. The van der Waals surface area contributed by atoms with Gasteiger partial charge in [-0.3, -0.25) is 4.79 Å². The molecule has 0 aromatic carbocycles. The van der Waals surface area contributed by atoms with Crippen LogP contribution in [-0.2, 0) is 11.3 Å². The van der Waals surface area contributed by atoms with Gasteiger partial charge in [0.1, 0.15) is 5.60 Å². The summed E-state index contributed by atoms with van der Waals surface area (Å²) in [6, 6.07) is 0. The Labute approximate surface area is 114 Å². The van der Waals surface area contributed by atoms with E-state index >= 15 is 0 Å². The van der Waals surface area contributed by atoms with Crippen molar-refractivity contribution in [3.63, 3.8) is 0 Å². The lowest BCUT2D eigenvalue weighted by molar-refractivity contribution is 0.0523. The van der Waals surface area contributed by atoms with E-state index in [1.165, 1.54) is 0 Å². The van der Waals surface area contributed by atoms with Gasteiger partial charge >= 0.3 is 6.09 Å². The minimum absolute atomic E-state index is 0.134. The molecule has 1 rings (SSSR count). The van der Waals surface area contributed by atoms with Gasteiger partial charge in [0.2, 0.25) is 0 Å². The summed E-state index contributed by atoms with van der Waals surface area (Å²) in [5, 5.41) is 2.56. The van der Waals surface area contributed by atoms with Crippen LogP contribution in [-0.4, -0.2) is 16.7 Å². The first kappa shape index (κ1) is 14.8. The molecule has 2 N–H and O–H groups in total. The summed E-state index contributed by atoms with van der Waals surface area (Å²) in [7, 11) is 0. The number of rotatable bonds is 2. The molecule has 0 bridgehead atoms. The number of H-pyrrole nitrogens is 1. The Morgan fingerprint density at radius 1 is 1.50 bits per heavy atom. The minimum atomic E-state index is -0.553. The molecule has 0 aliphatic heterocycles. The maximum absolute atomic E-state index is 11.6. The summed E-state index contributed by atoms with van der Waals surface area (Å²) in [4.78, 5) is 25.7. The Hall–Kier alpha value is -1.30. The number of aromatic amines is 1. The lowest BCUT2D eigenvalue weighted by Gasteiger charge is -2.19. The van der Waals surface area contributed by atoms with Crippen LogP contribution in [0.4, 0.5) is 4.79 Å². The highest BCUT2D eigenvalue weighted by atomic mass is 79.9. The zero-order valence-electron chi connectivity index (χ0n) is 10.9. The third-order valence-electron chi connectivity index (χ3n) is 2.22. The fourth-order valence-electron chi connectivity index (χ4n) is 1.33. The van der Waals surface area contributed by atoms with Gasteiger partial charge in [-0.05, 0) is 49.2 Å². The van der Waals surface area contributed by atoms with E-state index in [1.807, 2.05) is 6.92 Å². The second-order valence-corrected chi connectivity index (χ2v) is 5.78. The highest BCUT2D eigenvalue weighted by molar-refractivity contribution is 9.10. The normalized spacial score (nSPS) is 11.2. The van der Waals surface area contributed by atoms with E-state index in [0.29, 0.717) is 5.56 Å². The molecule has 0 fully saturated rings. The Bertz CT molecular complexity index is 503. The van der Waals surface area contributed by atoms with E-state index in [0.717, 1.165) is 10.0 Å². The quantitative estimate of drug-likeness (QED) is 0.880. The average Bonchev–Trinajstić information content (AvgIpc) is 2.21. The predicted molar refractivity (Wildman–Crippen MR) is 72.6 cm³/mol. The Balaban J connectivity index is 2.73. The maximum atomic E-state index is 11.6. The van der Waals surface area contributed by atoms with Crippen LogP contribution in [0.25, 0.3) is 0 Å². The molecule has 100 valence electrons. The van der Waals surface area contributed by atoms with Crippen LogP contribution in [0.15, 0.2) is 15.5 Å². The minimum Gasteiger partial charge on any atom is -0.444 e. The summed E-state index contributed by atoms with van der Waals surface area (Å²) in [5.41, 5.74) is 0.542. The standard InChI is InChI=1S/C12H17BrN2O3/c1-7-8(10(16)14-6-9(7)13)5-15-11(17)18-12(2,3)4/h6H,5H2,1-4H3,(H,14,16)(H,15,17). The SMILES string of the molecule is Cc1c(Br)c[nH]c(=O)c1CNC(=O)OC(C)(C)C. The van der Waals surface area contributed by atoms with Gasteiger partial charge in [-0.25, -0.2) is 4.79 Å². The fraction of sp³-hybridized carbons (Fsp3) is 0.500. The summed E-state index contributed by atoms with van der Waals surface area (Å²) >= 11 is 3.32. The molecule has 0 saturated heterocycles. The zero-order chi connectivity index (χ0) is 13.9. The summed E-state index contributed by atoms with van der Waals surface area (Å²) in [5.74, 6) is 0. The van der Waals surface area contributed by atoms with Crippen molar-refractivity contribution in [3.05, 3.63) is 32.2 Å².